The number of halogens is 3. The molecule has 1 aliphatic rings. The highest BCUT2D eigenvalue weighted by Gasteiger charge is 2.34. The first-order valence-corrected chi connectivity index (χ1v) is 11.0. The zero-order valence-corrected chi connectivity index (χ0v) is 16.8. The molecule has 150 valence electrons. The van der Waals surface area contributed by atoms with E-state index in [1.54, 1.807) is 5.38 Å². The van der Waals surface area contributed by atoms with Crippen molar-refractivity contribution in [2.24, 2.45) is 0 Å². The Labute approximate surface area is 173 Å². The molecule has 1 aromatic carbocycles. The maximum atomic E-state index is 15.0. The van der Waals surface area contributed by atoms with E-state index in [0.29, 0.717) is 11.4 Å². The van der Waals surface area contributed by atoms with E-state index in [0.717, 1.165) is 23.5 Å². The van der Waals surface area contributed by atoms with Gasteiger partial charge in [-0.05, 0) is 29.6 Å². The Kier molecular flexibility index (Phi) is 5.01. The smallest absolute Gasteiger partial charge is 0.271 e. The molecule has 6 nitrogen and oxygen atoms in total. The van der Waals surface area contributed by atoms with Crippen LogP contribution in [0.3, 0.4) is 0 Å². The van der Waals surface area contributed by atoms with Gasteiger partial charge >= 0.3 is 0 Å². The summed E-state index contributed by atoms with van der Waals surface area (Å²) in [5.41, 5.74) is -0.916. The highest BCUT2D eigenvalue weighted by atomic mass is 35.5. The topological polar surface area (TPSA) is 88.2 Å². The number of fused-ring (bicyclic) bond motifs is 1. The van der Waals surface area contributed by atoms with Crippen LogP contribution in [0.2, 0.25) is 5.02 Å². The number of hydrogen-bond donors (Lipinski definition) is 2. The quantitative estimate of drug-likeness (QED) is 0.561. The van der Waals surface area contributed by atoms with Crippen molar-refractivity contribution < 1.29 is 22.0 Å². The summed E-state index contributed by atoms with van der Waals surface area (Å²) in [7, 11) is -4.07. The second-order valence-corrected chi connectivity index (χ2v) is 9.50. The van der Waals surface area contributed by atoms with E-state index in [2.05, 4.69) is 15.0 Å². The molecular formula is C18H12ClF2N3O3S2. The summed E-state index contributed by atoms with van der Waals surface area (Å²) < 4.78 is 56.2. The predicted octanol–water partition coefficient (Wildman–Crippen LogP) is 4.27. The number of pyridine rings is 1. The lowest BCUT2D eigenvalue weighted by Gasteiger charge is -2.14. The Morgan fingerprint density at radius 2 is 2.10 bits per heavy atom. The second-order valence-electron chi connectivity index (χ2n) is 6.21. The SMILES string of the molecule is O=C(c1c(F)ccc(NS(=O)(=O)c2cccs2)c1F)C1CNc2ncc(Cl)cc21. The van der Waals surface area contributed by atoms with Crippen LogP contribution in [0.4, 0.5) is 20.3 Å². The number of nitrogens with zero attached hydrogens (tertiary/aromatic N) is 1. The van der Waals surface area contributed by atoms with Crippen LogP contribution in [-0.4, -0.2) is 25.7 Å². The summed E-state index contributed by atoms with van der Waals surface area (Å²) in [4.78, 5) is 17.0. The fraction of sp³-hybridized carbons (Fsp3) is 0.111. The van der Waals surface area contributed by atoms with Gasteiger partial charge in [0, 0.05) is 18.3 Å². The van der Waals surface area contributed by atoms with Crippen molar-refractivity contribution >= 4 is 50.2 Å². The first kappa shape index (κ1) is 19.7. The molecule has 0 amide bonds. The van der Waals surface area contributed by atoms with E-state index in [1.165, 1.54) is 24.4 Å². The van der Waals surface area contributed by atoms with Crippen molar-refractivity contribution in [2.75, 3.05) is 16.6 Å². The van der Waals surface area contributed by atoms with Crippen LogP contribution in [0, 0.1) is 11.6 Å². The molecule has 2 aromatic heterocycles. The Hall–Kier alpha value is -2.56. The molecule has 0 bridgehead atoms. The zero-order chi connectivity index (χ0) is 20.8. The maximum absolute atomic E-state index is 15.0. The van der Waals surface area contributed by atoms with Gasteiger partial charge in [-0.2, -0.15) is 0 Å². The lowest BCUT2D eigenvalue weighted by atomic mass is 9.92. The number of carbonyl (C=O) groups excluding carboxylic acids is 1. The third kappa shape index (κ3) is 3.59. The van der Waals surface area contributed by atoms with Crippen LogP contribution < -0.4 is 10.0 Å². The van der Waals surface area contributed by atoms with Crippen molar-refractivity contribution in [3.63, 3.8) is 0 Å². The van der Waals surface area contributed by atoms with Crippen LogP contribution in [-0.2, 0) is 10.0 Å². The van der Waals surface area contributed by atoms with Gasteiger partial charge in [-0.1, -0.05) is 17.7 Å². The van der Waals surface area contributed by atoms with Crippen LogP contribution in [0.5, 0.6) is 0 Å². The first-order valence-electron chi connectivity index (χ1n) is 8.26. The molecular weight excluding hydrogens is 444 g/mol. The van der Waals surface area contributed by atoms with Crippen LogP contribution in [0.25, 0.3) is 0 Å². The minimum atomic E-state index is -4.07. The van der Waals surface area contributed by atoms with Gasteiger partial charge in [0.15, 0.2) is 11.6 Å². The monoisotopic (exact) mass is 455 g/mol. The largest absolute Gasteiger partial charge is 0.369 e. The lowest BCUT2D eigenvalue weighted by Crippen LogP contribution is -2.20. The Bertz CT molecular complexity index is 1220. The molecule has 3 aromatic rings. The number of carbonyl (C=O) groups is 1. The number of thiophene rings is 1. The number of sulfonamides is 1. The average molecular weight is 456 g/mol. The molecule has 0 fully saturated rings. The second kappa shape index (κ2) is 7.36. The molecule has 4 rings (SSSR count). The predicted molar refractivity (Wildman–Crippen MR) is 106 cm³/mol. The fourth-order valence-electron chi connectivity index (χ4n) is 3.05. The lowest BCUT2D eigenvalue weighted by molar-refractivity contribution is 0.0958. The summed E-state index contributed by atoms with van der Waals surface area (Å²) >= 11 is 6.86. The summed E-state index contributed by atoms with van der Waals surface area (Å²) in [6.07, 6.45) is 1.39. The highest BCUT2D eigenvalue weighted by Crippen LogP contribution is 2.36. The summed E-state index contributed by atoms with van der Waals surface area (Å²) in [6.45, 7) is 0.0888. The number of aromatic nitrogens is 1. The number of Topliss-reactive ketones (excluding diaryl/α,β-unsaturated/α-hetero) is 1. The normalized spacial score (nSPS) is 15.6. The Morgan fingerprint density at radius 1 is 1.31 bits per heavy atom. The molecule has 3 heterocycles. The molecule has 29 heavy (non-hydrogen) atoms. The van der Waals surface area contributed by atoms with Crippen molar-refractivity contribution in [3.05, 3.63) is 69.7 Å². The van der Waals surface area contributed by atoms with E-state index >= 15 is 4.39 Å². The van der Waals surface area contributed by atoms with E-state index in [9.17, 15) is 17.6 Å². The van der Waals surface area contributed by atoms with E-state index < -0.39 is 44.6 Å². The van der Waals surface area contributed by atoms with Crippen LogP contribution >= 0.6 is 22.9 Å². The van der Waals surface area contributed by atoms with Crippen LogP contribution in [0.1, 0.15) is 21.8 Å². The number of hydrogen-bond acceptors (Lipinski definition) is 6. The number of benzene rings is 1. The highest BCUT2D eigenvalue weighted by molar-refractivity contribution is 7.94. The molecule has 0 spiro atoms. The molecule has 2 N–H and O–H groups in total. The van der Waals surface area contributed by atoms with Gasteiger partial charge in [0.25, 0.3) is 10.0 Å². The zero-order valence-electron chi connectivity index (χ0n) is 14.4. The van der Waals surface area contributed by atoms with Crippen molar-refractivity contribution in [3.8, 4) is 0 Å². The molecule has 1 unspecified atom stereocenters. The molecule has 0 saturated carbocycles. The van der Waals surface area contributed by atoms with Gasteiger partial charge in [0.05, 0.1) is 22.2 Å². The standard InChI is InChI=1S/C18H12ClF2N3O3S2/c19-9-6-10-11(8-23-18(10)22-7-9)17(25)15-12(20)3-4-13(16(15)21)24-29(26,27)14-2-1-5-28-14/h1-7,11,24H,8H2,(H,22,23). The van der Waals surface area contributed by atoms with Crippen LogP contribution in [0.15, 0.2) is 46.1 Å². The van der Waals surface area contributed by atoms with E-state index in [-0.39, 0.29) is 15.8 Å². The fourth-order valence-corrected chi connectivity index (χ4v) is 5.27. The van der Waals surface area contributed by atoms with Gasteiger partial charge in [-0.3, -0.25) is 9.52 Å². The van der Waals surface area contributed by atoms with Gasteiger partial charge in [-0.25, -0.2) is 22.2 Å². The Balaban J connectivity index is 1.72. The molecule has 11 heteroatoms. The molecule has 0 saturated heterocycles. The number of rotatable bonds is 5. The number of ketones is 1. The van der Waals surface area contributed by atoms with Crippen molar-refractivity contribution in [1.29, 1.82) is 0 Å². The molecule has 0 radical (unpaired) electrons. The van der Waals surface area contributed by atoms with Gasteiger partial charge in [0.1, 0.15) is 15.8 Å². The third-order valence-corrected chi connectivity index (χ3v) is 7.36. The van der Waals surface area contributed by atoms with E-state index in [1.807, 2.05) is 0 Å². The summed E-state index contributed by atoms with van der Waals surface area (Å²) in [5, 5.41) is 4.72. The van der Waals surface area contributed by atoms with Gasteiger partial charge in [-0.15, -0.1) is 11.3 Å². The molecule has 1 atom stereocenters. The van der Waals surface area contributed by atoms with Crippen molar-refractivity contribution in [1.82, 2.24) is 4.98 Å². The number of anilines is 2. The minimum absolute atomic E-state index is 0.0382. The molecule has 1 aliphatic heterocycles. The summed E-state index contributed by atoms with van der Waals surface area (Å²) in [6, 6.07) is 6.16. The van der Waals surface area contributed by atoms with Crippen molar-refractivity contribution in [2.45, 2.75) is 10.1 Å². The van der Waals surface area contributed by atoms with Gasteiger partial charge < -0.3 is 5.32 Å². The average Bonchev–Trinajstić information content (AvgIpc) is 3.34. The summed E-state index contributed by atoms with van der Waals surface area (Å²) in [5.74, 6) is -3.71. The van der Waals surface area contributed by atoms with E-state index in [4.69, 9.17) is 11.6 Å². The minimum Gasteiger partial charge on any atom is -0.369 e. The Morgan fingerprint density at radius 3 is 2.83 bits per heavy atom. The molecule has 0 aliphatic carbocycles. The maximum Gasteiger partial charge on any atom is 0.271 e. The first-order chi connectivity index (χ1) is 13.8. The third-order valence-electron chi connectivity index (χ3n) is 4.39. The number of nitrogens with one attached hydrogen (secondary N) is 2. The van der Waals surface area contributed by atoms with Gasteiger partial charge in [0.2, 0.25) is 0 Å².